The second kappa shape index (κ2) is 7.90. The highest BCUT2D eigenvalue weighted by Gasteiger charge is 2.36. The molecule has 1 aliphatic heterocycles. The molecule has 0 radical (unpaired) electrons. The van der Waals surface area contributed by atoms with Gasteiger partial charge in [0.2, 0.25) is 0 Å². The highest BCUT2D eigenvalue weighted by Crippen LogP contribution is 2.24. The molecule has 0 aromatic carbocycles. The molecule has 0 amide bonds. The lowest BCUT2D eigenvalue weighted by Crippen LogP contribution is -2.53. The van der Waals surface area contributed by atoms with Crippen molar-refractivity contribution in [3.05, 3.63) is 0 Å². The Morgan fingerprint density at radius 1 is 1.19 bits per heavy atom. The average Bonchev–Trinajstić information content (AvgIpc) is 3.30. The van der Waals surface area contributed by atoms with E-state index in [0.29, 0.717) is 25.7 Å². The molecule has 1 unspecified atom stereocenters. The maximum absolute atomic E-state index is 12.9. The Hall–Kier alpha value is -0.170. The lowest BCUT2D eigenvalue weighted by atomic mass is 10.1. The van der Waals surface area contributed by atoms with Crippen molar-refractivity contribution in [1.82, 2.24) is 13.9 Å². The van der Waals surface area contributed by atoms with Crippen LogP contribution in [0.4, 0.5) is 0 Å². The van der Waals surface area contributed by atoms with Gasteiger partial charge in [-0.3, -0.25) is 0 Å². The summed E-state index contributed by atoms with van der Waals surface area (Å²) in [5.41, 5.74) is 0. The fourth-order valence-electron chi connectivity index (χ4n) is 2.99. The molecule has 1 aliphatic carbocycles. The minimum Gasteiger partial charge on any atom is -0.312 e. The number of nitrogens with zero attached hydrogens (tertiary/aromatic N) is 2. The fourth-order valence-corrected chi connectivity index (χ4v) is 4.89. The zero-order valence-electron chi connectivity index (χ0n) is 13.6. The first-order valence-electron chi connectivity index (χ1n) is 8.59. The summed E-state index contributed by atoms with van der Waals surface area (Å²) in [5.74, 6) is 0. The standard InChI is InChI=1S/C15H31N3O2S/c1-3-5-11-17(4-2)21(19,20)18-12-7-6-8-15(18)13-16-14-9-10-14/h14-16H,3-13H2,1-2H3. The summed E-state index contributed by atoms with van der Waals surface area (Å²) in [4.78, 5) is 0. The third-order valence-electron chi connectivity index (χ3n) is 4.53. The van der Waals surface area contributed by atoms with Gasteiger partial charge in [0.25, 0.3) is 10.2 Å². The van der Waals surface area contributed by atoms with Crippen LogP contribution in [0.5, 0.6) is 0 Å². The second-order valence-corrected chi connectivity index (χ2v) is 8.18. The molecule has 21 heavy (non-hydrogen) atoms. The number of hydrogen-bond acceptors (Lipinski definition) is 3. The van der Waals surface area contributed by atoms with E-state index in [4.69, 9.17) is 0 Å². The Bertz CT molecular complexity index is 409. The Kier molecular flexibility index (Phi) is 6.47. The molecule has 0 aromatic rings. The molecule has 2 fully saturated rings. The molecular weight excluding hydrogens is 286 g/mol. The van der Waals surface area contributed by atoms with Gasteiger partial charge in [-0.25, -0.2) is 0 Å². The van der Waals surface area contributed by atoms with Gasteiger partial charge in [0.15, 0.2) is 0 Å². The Balaban J connectivity index is 2.01. The van der Waals surface area contributed by atoms with Gasteiger partial charge in [-0.15, -0.1) is 0 Å². The van der Waals surface area contributed by atoms with Crippen LogP contribution in [-0.4, -0.2) is 55.3 Å². The van der Waals surface area contributed by atoms with Crippen molar-refractivity contribution in [3.8, 4) is 0 Å². The average molecular weight is 317 g/mol. The van der Waals surface area contributed by atoms with Crippen LogP contribution in [0.25, 0.3) is 0 Å². The van der Waals surface area contributed by atoms with E-state index in [1.807, 2.05) is 6.92 Å². The van der Waals surface area contributed by atoms with E-state index in [1.54, 1.807) is 8.61 Å². The molecule has 1 saturated carbocycles. The quantitative estimate of drug-likeness (QED) is 0.707. The number of hydrogen-bond donors (Lipinski definition) is 1. The van der Waals surface area contributed by atoms with E-state index in [2.05, 4.69) is 12.2 Å². The smallest absolute Gasteiger partial charge is 0.282 e. The highest BCUT2D eigenvalue weighted by molar-refractivity contribution is 7.86. The summed E-state index contributed by atoms with van der Waals surface area (Å²) in [6.45, 7) is 6.76. The molecule has 124 valence electrons. The molecule has 0 aromatic heterocycles. The fraction of sp³-hybridized carbons (Fsp3) is 1.00. The first-order chi connectivity index (χ1) is 10.1. The van der Waals surface area contributed by atoms with Gasteiger partial charge in [-0.1, -0.05) is 26.7 Å². The maximum Gasteiger partial charge on any atom is 0.282 e. The first kappa shape index (κ1) is 17.2. The van der Waals surface area contributed by atoms with Gasteiger partial charge in [0.05, 0.1) is 0 Å². The van der Waals surface area contributed by atoms with Crippen molar-refractivity contribution in [2.45, 2.75) is 70.9 Å². The van der Waals surface area contributed by atoms with Crippen molar-refractivity contribution in [3.63, 3.8) is 0 Å². The van der Waals surface area contributed by atoms with Crippen molar-refractivity contribution in [2.75, 3.05) is 26.2 Å². The Labute approximate surface area is 130 Å². The van der Waals surface area contributed by atoms with Crippen molar-refractivity contribution in [1.29, 1.82) is 0 Å². The van der Waals surface area contributed by atoms with Gasteiger partial charge in [0, 0.05) is 38.3 Å². The monoisotopic (exact) mass is 317 g/mol. The Morgan fingerprint density at radius 2 is 1.95 bits per heavy atom. The van der Waals surface area contributed by atoms with Crippen molar-refractivity contribution >= 4 is 10.2 Å². The summed E-state index contributed by atoms with van der Waals surface area (Å²) in [5, 5.41) is 3.50. The minimum absolute atomic E-state index is 0.139. The largest absolute Gasteiger partial charge is 0.312 e. The number of nitrogens with one attached hydrogen (secondary N) is 1. The first-order valence-corrected chi connectivity index (χ1v) is 9.99. The van der Waals surface area contributed by atoms with Gasteiger partial charge < -0.3 is 5.32 Å². The van der Waals surface area contributed by atoms with Gasteiger partial charge in [0.1, 0.15) is 0 Å². The lowest BCUT2D eigenvalue weighted by molar-refractivity contribution is 0.226. The number of unbranched alkanes of at least 4 members (excludes halogenated alkanes) is 1. The molecule has 0 bridgehead atoms. The van der Waals surface area contributed by atoms with E-state index in [9.17, 15) is 8.42 Å². The van der Waals surface area contributed by atoms with Crippen LogP contribution in [0.15, 0.2) is 0 Å². The third-order valence-corrected chi connectivity index (χ3v) is 6.70. The lowest BCUT2D eigenvalue weighted by Gasteiger charge is -2.38. The third kappa shape index (κ3) is 4.65. The molecule has 1 N–H and O–H groups in total. The topological polar surface area (TPSA) is 52.7 Å². The highest BCUT2D eigenvalue weighted by atomic mass is 32.2. The molecule has 2 aliphatic rings. The summed E-state index contributed by atoms with van der Waals surface area (Å²) < 4.78 is 29.3. The van der Waals surface area contributed by atoms with Crippen LogP contribution in [0.1, 0.15) is 58.8 Å². The van der Waals surface area contributed by atoms with E-state index in [1.165, 1.54) is 12.8 Å². The zero-order chi connectivity index (χ0) is 15.3. The van der Waals surface area contributed by atoms with E-state index >= 15 is 0 Å². The van der Waals surface area contributed by atoms with Crippen LogP contribution in [-0.2, 0) is 10.2 Å². The van der Waals surface area contributed by atoms with Gasteiger partial charge in [-0.2, -0.15) is 17.0 Å². The Morgan fingerprint density at radius 3 is 2.57 bits per heavy atom. The SMILES string of the molecule is CCCCN(CC)S(=O)(=O)N1CCCCC1CNC1CC1. The predicted octanol–water partition coefficient (Wildman–Crippen LogP) is 1.96. The molecule has 1 atom stereocenters. The number of rotatable bonds is 9. The summed E-state index contributed by atoms with van der Waals surface area (Å²) in [7, 11) is -3.30. The molecular formula is C15H31N3O2S. The second-order valence-electron chi connectivity index (χ2n) is 6.30. The zero-order valence-corrected chi connectivity index (χ0v) is 14.4. The molecule has 2 rings (SSSR count). The summed E-state index contributed by atoms with van der Waals surface area (Å²) in [6, 6.07) is 0.777. The summed E-state index contributed by atoms with van der Waals surface area (Å²) in [6.07, 6.45) is 7.58. The molecule has 0 spiro atoms. The van der Waals surface area contributed by atoms with Crippen LogP contribution < -0.4 is 5.32 Å². The molecule has 6 heteroatoms. The minimum atomic E-state index is -3.30. The predicted molar refractivity (Wildman–Crippen MR) is 86.4 cm³/mol. The van der Waals surface area contributed by atoms with Gasteiger partial charge in [-0.05, 0) is 32.1 Å². The van der Waals surface area contributed by atoms with Crippen LogP contribution in [0, 0.1) is 0 Å². The molecule has 1 saturated heterocycles. The van der Waals surface area contributed by atoms with E-state index < -0.39 is 10.2 Å². The molecule has 5 nitrogen and oxygen atoms in total. The van der Waals surface area contributed by atoms with Crippen LogP contribution in [0.2, 0.25) is 0 Å². The van der Waals surface area contributed by atoms with E-state index in [0.717, 1.165) is 38.6 Å². The normalized spacial score (nSPS) is 24.6. The van der Waals surface area contributed by atoms with Crippen molar-refractivity contribution in [2.24, 2.45) is 0 Å². The summed E-state index contributed by atoms with van der Waals surface area (Å²) >= 11 is 0. The van der Waals surface area contributed by atoms with Crippen LogP contribution in [0.3, 0.4) is 0 Å². The van der Waals surface area contributed by atoms with Crippen LogP contribution >= 0.6 is 0 Å². The maximum atomic E-state index is 12.9. The van der Waals surface area contributed by atoms with E-state index in [-0.39, 0.29) is 6.04 Å². The van der Waals surface area contributed by atoms with Gasteiger partial charge >= 0.3 is 0 Å². The molecule has 1 heterocycles. The van der Waals surface area contributed by atoms with Crippen molar-refractivity contribution < 1.29 is 8.42 Å². The number of piperidine rings is 1.